The number of halogens is 2. The van der Waals surface area contributed by atoms with Crippen molar-refractivity contribution in [1.29, 1.82) is 0 Å². The molecule has 1 aromatic rings. The molecule has 0 heterocycles. The maximum absolute atomic E-state index is 13.8. The molecule has 1 rings (SSSR count). The van der Waals surface area contributed by atoms with Crippen LogP contribution in [0.25, 0.3) is 0 Å². The Kier molecular flexibility index (Phi) is 7.80. The highest BCUT2D eigenvalue weighted by Crippen LogP contribution is 2.22. The summed E-state index contributed by atoms with van der Waals surface area (Å²) in [4.78, 5) is 11.9. The van der Waals surface area contributed by atoms with Gasteiger partial charge in [-0.15, -0.1) is 0 Å². The van der Waals surface area contributed by atoms with Crippen molar-refractivity contribution in [2.75, 3.05) is 13.2 Å². The van der Waals surface area contributed by atoms with Gasteiger partial charge in [-0.2, -0.15) is 0 Å². The Balaban J connectivity index is 2.65. The summed E-state index contributed by atoms with van der Waals surface area (Å²) in [7, 11) is 0. The Morgan fingerprint density at radius 3 is 2.64 bits per heavy atom. The SMILES string of the molecule is CCCC(NC(=O)NCC(C)CCO)c1ccc(F)cc1F. The predicted molar refractivity (Wildman–Crippen MR) is 81.4 cm³/mol. The molecule has 6 heteroatoms. The Labute approximate surface area is 129 Å². The molecule has 0 saturated carbocycles. The summed E-state index contributed by atoms with van der Waals surface area (Å²) < 4.78 is 26.8. The van der Waals surface area contributed by atoms with E-state index in [1.165, 1.54) is 12.1 Å². The predicted octanol–water partition coefficient (Wildman–Crippen LogP) is 3.12. The molecule has 0 radical (unpaired) electrons. The van der Waals surface area contributed by atoms with E-state index in [9.17, 15) is 13.6 Å². The van der Waals surface area contributed by atoms with E-state index in [1.807, 2.05) is 13.8 Å². The maximum Gasteiger partial charge on any atom is 0.315 e. The van der Waals surface area contributed by atoms with Crippen molar-refractivity contribution in [3.63, 3.8) is 0 Å². The van der Waals surface area contributed by atoms with Crippen LogP contribution in [0.1, 0.15) is 44.7 Å². The first-order valence-corrected chi connectivity index (χ1v) is 7.58. The Hall–Kier alpha value is -1.69. The molecule has 2 unspecified atom stereocenters. The van der Waals surface area contributed by atoms with Crippen molar-refractivity contribution in [3.05, 3.63) is 35.4 Å². The lowest BCUT2D eigenvalue weighted by Gasteiger charge is -2.20. The minimum atomic E-state index is -0.660. The number of rotatable bonds is 8. The van der Waals surface area contributed by atoms with Crippen LogP contribution in [0, 0.1) is 17.6 Å². The number of nitrogens with one attached hydrogen (secondary N) is 2. The highest BCUT2D eigenvalue weighted by Gasteiger charge is 2.18. The summed E-state index contributed by atoms with van der Waals surface area (Å²) >= 11 is 0. The standard InChI is InChI=1S/C16H24F2N2O2/c1-3-4-15(13-6-5-12(17)9-14(13)18)20-16(22)19-10-11(2)7-8-21/h5-6,9,11,15,21H,3-4,7-8,10H2,1-2H3,(H2,19,20,22). The number of carbonyl (C=O) groups is 1. The number of aliphatic hydroxyl groups is 1. The Bertz CT molecular complexity index is 483. The van der Waals surface area contributed by atoms with Gasteiger partial charge in [0.2, 0.25) is 0 Å². The van der Waals surface area contributed by atoms with Gasteiger partial charge in [0.15, 0.2) is 0 Å². The Morgan fingerprint density at radius 2 is 2.05 bits per heavy atom. The van der Waals surface area contributed by atoms with Gasteiger partial charge in [-0.25, -0.2) is 13.6 Å². The van der Waals surface area contributed by atoms with Gasteiger partial charge in [0, 0.05) is 24.8 Å². The molecular formula is C16H24F2N2O2. The third-order valence-corrected chi connectivity index (χ3v) is 3.45. The first-order valence-electron chi connectivity index (χ1n) is 7.58. The molecule has 0 saturated heterocycles. The summed E-state index contributed by atoms with van der Waals surface area (Å²) in [6, 6.07) is 2.47. The second-order valence-electron chi connectivity index (χ2n) is 5.48. The molecular weight excluding hydrogens is 290 g/mol. The maximum atomic E-state index is 13.8. The third kappa shape index (κ3) is 5.97. The van der Waals surface area contributed by atoms with Crippen molar-refractivity contribution in [2.45, 2.75) is 39.2 Å². The highest BCUT2D eigenvalue weighted by molar-refractivity contribution is 5.74. The number of carbonyl (C=O) groups excluding carboxylic acids is 1. The van der Waals surface area contributed by atoms with E-state index in [4.69, 9.17) is 5.11 Å². The Morgan fingerprint density at radius 1 is 1.32 bits per heavy atom. The average molecular weight is 314 g/mol. The van der Waals surface area contributed by atoms with Gasteiger partial charge in [0.05, 0.1) is 6.04 Å². The van der Waals surface area contributed by atoms with Crippen molar-refractivity contribution >= 4 is 6.03 Å². The molecule has 0 aliphatic heterocycles. The summed E-state index contributed by atoms with van der Waals surface area (Å²) in [6.45, 7) is 4.35. The lowest BCUT2D eigenvalue weighted by Crippen LogP contribution is -2.40. The van der Waals surface area contributed by atoms with Crippen LogP contribution in [0.3, 0.4) is 0 Å². The van der Waals surface area contributed by atoms with E-state index >= 15 is 0 Å². The topological polar surface area (TPSA) is 61.4 Å². The average Bonchev–Trinajstić information content (AvgIpc) is 2.45. The van der Waals surface area contributed by atoms with Crippen LogP contribution in [-0.4, -0.2) is 24.3 Å². The van der Waals surface area contributed by atoms with Crippen LogP contribution < -0.4 is 10.6 Å². The zero-order chi connectivity index (χ0) is 16.5. The van der Waals surface area contributed by atoms with Crippen LogP contribution in [-0.2, 0) is 0 Å². The zero-order valence-electron chi connectivity index (χ0n) is 13.0. The number of hydrogen-bond acceptors (Lipinski definition) is 2. The molecule has 4 nitrogen and oxygen atoms in total. The lowest BCUT2D eigenvalue weighted by atomic mass is 10.0. The van der Waals surface area contributed by atoms with Gasteiger partial charge in [0.25, 0.3) is 0 Å². The number of benzene rings is 1. The number of urea groups is 1. The van der Waals surface area contributed by atoms with Gasteiger partial charge >= 0.3 is 6.03 Å². The van der Waals surface area contributed by atoms with Crippen molar-refractivity contribution in [2.24, 2.45) is 5.92 Å². The van der Waals surface area contributed by atoms with Gasteiger partial charge in [-0.3, -0.25) is 0 Å². The van der Waals surface area contributed by atoms with Crippen LogP contribution in [0.15, 0.2) is 18.2 Å². The zero-order valence-corrected chi connectivity index (χ0v) is 13.0. The van der Waals surface area contributed by atoms with Gasteiger partial charge < -0.3 is 15.7 Å². The third-order valence-electron chi connectivity index (χ3n) is 3.45. The normalized spacial score (nSPS) is 13.5. The minimum absolute atomic E-state index is 0.0731. The van der Waals surface area contributed by atoms with E-state index in [1.54, 1.807) is 0 Å². The van der Waals surface area contributed by atoms with Gasteiger partial charge in [-0.05, 0) is 24.8 Å². The fourth-order valence-electron chi connectivity index (χ4n) is 2.18. The van der Waals surface area contributed by atoms with Crippen molar-refractivity contribution in [3.8, 4) is 0 Å². The van der Waals surface area contributed by atoms with E-state index in [0.717, 1.165) is 12.5 Å². The first kappa shape index (κ1) is 18.4. The molecule has 0 aliphatic rings. The number of amides is 2. The highest BCUT2D eigenvalue weighted by atomic mass is 19.1. The summed E-state index contributed by atoms with van der Waals surface area (Å²) in [5, 5.41) is 14.2. The minimum Gasteiger partial charge on any atom is -0.396 e. The van der Waals surface area contributed by atoms with Crippen LogP contribution in [0.2, 0.25) is 0 Å². The molecule has 0 aliphatic carbocycles. The van der Waals surface area contributed by atoms with E-state index in [2.05, 4.69) is 10.6 Å². The number of hydrogen-bond donors (Lipinski definition) is 3. The molecule has 0 fully saturated rings. The molecule has 0 aromatic heterocycles. The second-order valence-corrected chi connectivity index (χ2v) is 5.48. The summed E-state index contributed by atoms with van der Waals surface area (Å²) in [6.07, 6.45) is 1.91. The van der Waals surface area contributed by atoms with Crippen molar-refractivity contribution in [1.82, 2.24) is 10.6 Å². The molecule has 2 atom stereocenters. The van der Waals surface area contributed by atoms with Crippen LogP contribution in [0.5, 0.6) is 0 Å². The summed E-state index contributed by atoms with van der Waals surface area (Å²) in [5.74, 6) is -1.14. The van der Waals surface area contributed by atoms with E-state index in [0.29, 0.717) is 19.4 Å². The van der Waals surface area contributed by atoms with Crippen LogP contribution >= 0.6 is 0 Å². The monoisotopic (exact) mass is 314 g/mol. The second kappa shape index (κ2) is 9.35. The van der Waals surface area contributed by atoms with Crippen LogP contribution in [0.4, 0.5) is 13.6 Å². The fraction of sp³-hybridized carbons (Fsp3) is 0.562. The fourth-order valence-corrected chi connectivity index (χ4v) is 2.18. The van der Waals surface area contributed by atoms with Gasteiger partial charge in [-0.1, -0.05) is 26.3 Å². The molecule has 0 spiro atoms. The molecule has 1 aromatic carbocycles. The molecule has 22 heavy (non-hydrogen) atoms. The summed E-state index contributed by atoms with van der Waals surface area (Å²) in [5.41, 5.74) is 0.279. The number of aliphatic hydroxyl groups excluding tert-OH is 1. The van der Waals surface area contributed by atoms with Gasteiger partial charge in [0.1, 0.15) is 11.6 Å². The molecule has 0 bridgehead atoms. The van der Waals surface area contributed by atoms with E-state index in [-0.39, 0.29) is 18.1 Å². The molecule has 2 amide bonds. The smallest absolute Gasteiger partial charge is 0.315 e. The lowest BCUT2D eigenvalue weighted by molar-refractivity contribution is 0.229. The van der Waals surface area contributed by atoms with Crippen molar-refractivity contribution < 1.29 is 18.7 Å². The molecule has 124 valence electrons. The quantitative estimate of drug-likeness (QED) is 0.690. The first-order chi connectivity index (χ1) is 10.5. The molecule has 3 N–H and O–H groups in total. The largest absolute Gasteiger partial charge is 0.396 e. The van der Waals surface area contributed by atoms with E-state index < -0.39 is 23.7 Å².